The van der Waals surface area contributed by atoms with E-state index in [0.717, 1.165) is 24.5 Å². The summed E-state index contributed by atoms with van der Waals surface area (Å²) in [7, 11) is 1.65. The Kier molecular flexibility index (Phi) is 4.83. The molecular formula is C16H19ClN4O2. The summed E-state index contributed by atoms with van der Waals surface area (Å²) in [6.45, 7) is 2.67. The van der Waals surface area contributed by atoms with Crippen molar-refractivity contribution < 1.29 is 9.53 Å². The van der Waals surface area contributed by atoms with Crippen LogP contribution in [0.15, 0.2) is 36.5 Å². The van der Waals surface area contributed by atoms with Gasteiger partial charge in [0.2, 0.25) is 5.91 Å². The van der Waals surface area contributed by atoms with Gasteiger partial charge in [0, 0.05) is 37.9 Å². The van der Waals surface area contributed by atoms with Crippen molar-refractivity contribution in [2.45, 2.75) is 12.6 Å². The molecule has 0 spiro atoms. The summed E-state index contributed by atoms with van der Waals surface area (Å²) in [5, 5.41) is 7.66. The third-order valence-electron chi connectivity index (χ3n) is 3.90. The fourth-order valence-electron chi connectivity index (χ4n) is 2.72. The van der Waals surface area contributed by atoms with Gasteiger partial charge in [-0.1, -0.05) is 11.6 Å². The zero-order valence-corrected chi connectivity index (χ0v) is 13.7. The van der Waals surface area contributed by atoms with E-state index in [1.165, 1.54) is 0 Å². The van der Waals surface area contributed by atoms with Crippen molar-refractivity contribution in [3.05, 3.63) is 47.2 Å². The molecule has 23 heavy (non-hydrogen) atoms. The van der Waals surface area contributed by atoms with E-state index in [9.17, 15) is 4.79 Å². The molecule has 0 radical (unpaired) electrons. The highest BCUT2D eigenvalue weighted by Gasteiger charge is 2.29. The Balaban J connectivity index is 1.59. The first kappa shape index (κ1) is 15.8. The van der Waals surface area contributed by atoms with E-state index in [1.807, 2.05) is 18.2 Å². The van der Waals surface area contributed by atoms with Crippen molar-refractivity contribution >= 4 is 17.5 Å². The summed E-state index contributed by atoms with van der Waals surface area (Å²) in [5.41, 5.74) is 1.04. The molecule has 1 aromatic heterocycles. The largest absolute Gasteiger partial charge is 0.492 e. The van der Waals surface area contributed by atoms with Crippen LogP contribution in [0, 0.1) is 0 Å². The zero-order chi connectivity index (χ0) is 16.2. The molecule has 0 saturated heterocycles. The summed E-state index contributed by atoms with van der Waals surface area (Å²) < 4.78 is 7.53. The van der Waals surface area contributed by atoms with Gasteiger partial charge >= 0.3 is 0 Å². The predicted octanol–water partition coefficient (Wildman–Crippen LogP) is 1.72. The van der Waals surface area contributed by atoms with Gasteiger partial charge in [-0.3, -0.25) is 14.4 Å². The van der Waals surface area contributed by atoms with E-state index in [1.54, 1.807) is 30.1 Å². The van der Waals surface area contributed by atoms with Gasteiger partial charge in [0.15, 0.2) is 0 Å². The van der Waals surface area contributed by atoms with Crippen LogP contribution in [0.4, 0.5) is 0 Å². The van der Waals surface area contributed by atoms with Crippen molar-refractivity contribution in [2.75, 3.05) is 26.7 Å². The molecule has 1 atom stereocenters. The number of hydrogen-bond donors (Lipinski definition) is 1. The molecule has 1 N–H and O–H groups in total. The average Bonchev–Trinajstić information content (AvgIpc) is 3.03. The molecule has 0 saturated carbocycles. The molecule has 0 bridgehead atoms. The zero-order valence-electron chi connectivity index (χ0n) is 12.9. The maximum atomic E-state index is 12.1. The minimum Gasteiger partial charge on any atom is -0.492 e. The van der Waals surface area contributed by atoms with Crippen LogP contribution in [0.5, 0.6) is 5.75 Å². The summed E-state index contributed by atoms with van der Waals surface area (Å²) in [6.07, 6.45) is 1.74. The van der Waals surface area contributed by atoms with Crippen LogP contribution in [0.1, 0.15) is 11.7 Å². The molecule has 1 amide bonds. The molecule has 3 rings (SSSR count). The second-order valence-electron chi connectivity index (χ2n) is 5.43. The number of fused-ring (bicyclic) bond motifs is 1. The number of nitrogens with one attached hydrogen (secondary N) is 1. The first-order chi connectivity index (χ1) is 11.2. The van der Waals surface area contributed by atoms with Gasteiger partial charge in [-0.2, -0.15) is 5.10 Å². The molecule has 0 fully saturated rings. The van der Waals surface area contributed by atoms with E-state index in [0.29, 0.717) is 18.2 Å². The van der Waals surface area contributed by atoms with E-state index in [4.69, 9.17) is 16.3 Å². The van der Waals surface area contributed by atoms with Crippen LogP contribution in [-0.4, -0.2) is 47.3 Å². The molecule has 1 aliphatic heterocycles. The quantitative estimate of drug-likeness (QED) is 0.904. The van der Waals surface area contributed by atoms with Gasteiger partial charge in [0.1, 0.15) is 18.4 Å². The number of aromatic nitrogens is 2. The molecule has 6 nitrogen and oxygen atoms in total. The van der Waals surface area contributed by atoms with E-state index < -0.39 is 0 Å². The van der Waals surface area contributed by atoms with Gasteiger partial charge in [-0.05, 0) is 30.3 Å². The molecular weight excluding hydrogens is 316 g/mol. The highest BCUT2D eigenvalue weighted by Crippen LogP contribution is 2.20. The predicted molar refractivity (Wildman–Crippen MR) is 87.6 cm³/mol. The number of ether oxygens (including phenoxy) is 1. The fourth-order valence-corrected chi connectivity index (χ4v) is 2.84. The maximum Gasteiger partial charge on any atom is 0.245 e. The number of amides is 1. The lowest BCUT2D eigenvalue weighted by Crippen LogP contribution is -2.45. The van der Waals surface area contributed by atoms with Gasteiger partial charge < -0.3 is 10.1 Å². The standard InChI is InChI=1S/C16H19ClN4O2/c1-18-16(22)15-11-20(10-13-6-7-19-21(13)15)8-9-23-14-4-2-12(17)3-5-14/h2-7,15H,8-11H2,1H3,(H,18,22)/t15-/m1/s1. The first-order valence-corrected chi connectivity index (χ1v) is 7.90. The number of nitrogens with zero attached hydrogens (tertiary/aromatic N) is 3. The number of likely N-dealkylation sites (N-methyl/N-ethyl adjacent to an activating group) is 1. The lowest BCUT2D eigenvalue weighted by Gasteiger charge is -2.32. The summed E-state index contributed by atoms with van der Waals surface area (Å²) in [4.78, 5) is 14.3. The summed E-state index contributed by atoms with van der Waals surface area (Å²) >= 11 is 5.85. The van der Waals surface area contributed by atoms with Crippen LogP contribution in [0.3, 0.4) is 0 Å². The number of rotatable bonds is 5. The topological polar surface area (TPSA) is 59.4 Å². The second kappa shape index (κ2) is 7.02. The second-order valence-corrected chi connectivity index (χ2v) is 5.87. The lowest BCUT2D eigenvalue weighted by molar-refractivity contribution is -0.125. The van der Waals surface area contributed by atoms with Crippen molar-refractivity contribution in [1.29, 1.82) is 0 Å². The van der Waals surface area contributed by atoms with E-state index in [2.05, 4.69) is 15.3 Å². The normalized spacial score (nSPS) is 17.6. The van der Waals surface area contributed by atoms with E-state index in [-0.39, 0.29) is 11.9 Å². The Hall–Kier alpha value is -2.05. The van der Waals surface area contributed by atoms with Crippen LogP contribution >= 0.6 is 11.6 Å². The third kappa shape index (κ3) is 3.65. The number of benzene rings is 1. The van der Waals surface area contributed by atoms with Gasteiger partial charge in [-0.25, -0.2) is 0 Å². The molecule has 2 heterocycles. The Bertz CT molecular complexity index is 671. The minimum absolute atomic E-state index is 0.0294. The molecule has 122 valence electrons. The molecule has 1 aliphatic rings. The van der Waals surface area contributed by atoms with E-state index >= 15 is 0 Å². The van der Waals surface area contributed by atoms with Gasteiger partial charge in [0.25, 0.3) is 0 Å². The molecule has 0 aliphatic carbocycles. The maximum absolute atomic E-state index is 12.1. The average molecular weight is 335 g/mol. The summed E-state index contributed by atoms with van der Waals surface area (Å²) in [6, 6.07) is 8.95. The van der Waals surface area contributed by atoms with Crippen molar-refractivity contribution in [3.63, 3.8) is 0 Å². The SMILES string of the molecule is CNC(=O)[C@H]1CN(CCOc2ccc(Cl)cc2)Cc2ccnn21. The van der Waals surface area contributed by atoms with Crippen LogP contribution < -0.4 is 10.1 Å². The number of carbonyl (C=O) groups is 1. The summed E-state index contributed by atoms with van der Waals surface area (Å²) in [5.74, 6) is 0.762. The van der Waals surface area contributed by atoms with Crippen molar-refractivity contribution in [1.82, 2.24) is 20.0 Å². The number of halogens is 1. The first-order valence-electron chi connectivity index (χ1n) is 7.52. The highest BCUT2D eigenvalue weighted by atomic mass is 35.5. The molecule has 1 aromatic carbocycles. The number of carbonyl (C=O) groups excluding carboxylic acids is 1. The van der Waals surface area contributed by atoms with Crippen LogP contribution in [0.2, 0.25) is 5.02 Å². The van der Waals surface area contributed by atoms with Crippen molar-refractivity contribution in [3.8, 4) is 5.75 Å². The Morgan fingerprint density at radius 2 is 2.17 bits per heavy atom. The van der Waals surface area contributed by atoms with Gasteiger partial charge in [-0.15, -0.1) is 0 Å². The van der Waals surface area contributed by atoms with Crippen molar-refractivity contribution in [2.24, 2.45) is 0 Å². The highest BCUT2D eigenvalue weighted by molar-refractivity contribution is 6.30. The lowest BCUT2D eigenvalue weighted by atomic mass is 10.2. The monoisotopic (exact) mass is 334 g/mol. The molecule has 0 unspecified atom stereocenters. The minimum atomic E-state index is -0.297. The molecule has 7 heteroatoms. The van der Waals surface area contributed by atoms with Crippen LogP contribution in [0.25, 0.3) is 0 Å². The number of hydrogen-bond acceptors (Lipinski definition) is 4. The Morgan fingerprint density at radius 1 is 1.39 bits per heavy atom. The third-order valence-corrected chi connectivity index (χ3v) is 4.16. The smallest absolute Gasteiger partial charge is 0.245 e. The fraction of sp³-hybridized carbons (Fsp3) is 0.375. The van der Waals surface area contributed by atoms with Crippen LogP contribution in [-0.2, 0) is 11.3 Å². The Morgan fingerprint density at radius 3 is 2.91 bits per heavy atom. The Labute approximate surface area is 140 Å². The van der Waals surface area contributed by atoms with Gasteiger partial charge in [0.05, 0.1) is 5.69 Å². The molecule has 2 aromatic rings.